The van der Waals surface area contributed by atoms with Crippen LogP contribution in [-0.2, 0) is 16.6 Å². The second-order valence-corrected chi connectivity index (χ2v) is 8.77. The smallest absolute Gasteiger partial charge is 0.242 e. The van der Waals surface area contributed by atoms with Crippen LogP contribution in [-0.4, -0.2) is 64.4 Å². The van der Waals surface area contributed by atoms with Crippen LogP contribution >= 0.6 is 0 Å². The Bertz CT molecular complexity index is 899. The normalized spacial score (nSPS) is 12.1. The van der Waals surface area contributed by atoms with Crippen molar-refractivity contribution >= 4 is 16.0 Å². The zero-order chi connectivity index (χ0) is 21.3. The highest BCUT2D eigenvalue weighted by molar-refractivity contribution is 7.89. The zero-order valence-corrected chi connectivity index (χ0v) is 18.3. The summed E-state index contributed by atoms with van der Waals surface area (Å²) in [6.07, 6.45) is 0. The average molecular weight is 419 g/mol. The summed E-state index contributed by atoms with van der Waals surface area (Å²) in [5.41, 5.74) is 0.658. The number of nitrogens with one attached hydrogen (secondary N) is 1. The Kier molecular flexibility index (Phi) is 8.48. The molecular weight excluding hydrogens is 388 g/mol. The Morgan fingerprint density at radius 3 is 2.34 bits per heavy atom. The molecule has 29 heavy (non-hydrogen) atoms. The number of para-hydroxylation sites is 1. The highest BCUT2D eigenvalue weighted by atomic mass is 32.2. The number of hydrogen-bond acceptors (Lipinski definition) is 4. The largest absolute Gasteiger partial charge is 0.492 e. The number of benzene rings is 2. The van der Waals surface area contributed by atoms with E-state index in [1.165, 1.54) is 18.4 Å². The van der Waals surface area contributed by atoms with Gasteiger partial charge in [0.2, 0.25) is 10.0 Å². The maximum Gasteiger partial charge on any atom is 0.242 e. The number of nitrogens with zero attached hydrogens (tertiary/aromatic N) is 3. The second kappa shape index (κ2) is 10.8. The fraction of sp³-hybridized carbons (Fsp3) is 0.381. The molecule has 2 aromatic carbocycles. The standard InChI is InChI=1S/C21H30N4O3S/c1-5-22-21(25(4)15-16-28-19-12-7-6-8-13-19)23-17-18-11-9-10-14-20(18)29(26,27)24(2)3/h6-14H,5,15-17H2,1-4H3,(H,22,23). The molecule has 1 N–H and O–H groups in total. The third-order valence-electron chi connectivity index (χ3n) is 4.27. The van der Waals surface area contributed by atoms with Gasteiger partial charge < -0.3 is 15.0 Å². The summed E-state index contributed by atoms with van der Waals surface area (Å²) in [6, 6.07) is 16.6. The first kappa shape index (κ1) is 22.7. The lowest BCUT2D eigenvalue weighted by atomic mass is 10.2. The van der Waals surface area contributed by atoms with Crippen LogP contribution in [0.15, 0.2) is 64.5 Å². The lowest BCUT2D eigenvalue weighted by molar-refractivity contribution is 0.281. The van der Waals surface area contributed by atoms with E-state index in [0.717, 1.165) is 5.75 Å². The van der Waals surface area contributed by atoms with Crippen molar-refractivity contribution in [2.75, 3.05) is 40.8 Å². The molecule has 0 aliphatic heterocycles. The molecular formula is C21H30N4O3S. The summed E-state index contributed by atoms with van der Waals surface area (Å²) in [4.78, 5) is 6.88. The first-order valence-electron chi connectivity index (χ1n) is 9.54. The van der Waals surface area contributed by atoms with Crippen LogP contribution in [0.4, 0.5) is 0 Å². The predicted molar refractivity (Wildman–Crippen MR) is 117 cm³/mol. The molecule has 0 bridgehead atoms. The van der Waals surface area contributed by atoms with E-state index in [4.69, 9.17) is 4.74 Å². The van der Waals surface area contributed by atoms with Gasteiger partial charge in [0.25, 0.3) is 0 Å². The van der Waals surface area contributed by atoms with Gasteiger partial charge in [0.05, 0.1) is 18.0 Å². The Hall–Kier alpha value is -2.58. The predicted octanol–water partition coefficient (Wildman–Crippen LogP) is 2.41. The summed E-state index contributed by atoms with van der Waals surface area (Å²) in [5.74, 6) is 1.52. The van der Waals surface area contributed by atoms with Crippen molar-refractivity contribution in [3.05, 3.63) is 60.2 Å². The molecule has 0 aromatic heterocycles. The summed E-state index contributed by atoms with van der Waals surface area (Å²) in [6.45, 7) is 4.11. The fourth-order valence-electron chi connectivity index (χ4n) is 2.64. The lowest BCUT2D eigenvalue weighted by Gasteiger charge is -2.22. The van der Waals surface area contributed by atoms with E-state index in [1.807, 2.05) is 55.3 Å². The second-order valence-electron chi connectivity index (χ2n) is 6.65. The van der Waals surface area contributed by atoms with Crippen LogP contribution in [0.5, 0.6) is 5.75 Å². The van der Waals surface area contributed by atoms with Crippen molar-refractivity contribution in [2.24, 2.45) is 4.99 Å². The quantitative estimate of drug-likeness (QED) is 0.500. The van der Waals surface area contributed by atoms with Gasteiger partial charge in [0.1, 0.15) is 12.4 Å². The maximum atomic E-state index is 12.6. The molecule has 2 aromatic rings. The number of sulfonamides is 1. The van der Waals surface area contributed by atoms with Gasteiger partial charge in [-0.15, -0.1) is 0 Å². The van der Waals surface area contributed by atoms with Crippen LogP contribution in [0.3, 0.4) is 0 Å². The summed E-state index contributed by atoms with van der Waals surface area (Å²) >= 11 is 0. The van der Waals surface area contributed by atoms with Gasteiger partial charge in [-0.25, -0.2) is 17.7 Å². The van der Waals surface area contributed by atoms with Gasteiger partial charge >= 0.3 is 0 Å². The Morgan fingerprint density at radius 2 is 1.69 bits per heavy atom. The molecule has 2 rings (SSSR count). The van der Waals surface area contributed by atoms with E-state index >= 15 is 0 Å². The molecule has 0 saturated carbocycles. The minimum Gasteiger partial charge on any atom is -0.492 e. The summed E-state index contributed by atoms with van der Waals surface area (Å²) in [5, 5.41) is 3.24. The van der Waals surface area contributed by atoms with E-state index in [9.17, 15) is 8.42 Å². The number of guanidine groups is 1. The fourth-order valence-corrected chi connectivity index (χ4v) is 3.74. The van der Waals surface area contributed by atoms with E-state index in [0.29, 0.717) is 31.2 Å². The molecule has 0 aliphatic rings. The van der Waals surface area contributed by atoms with Gasteiger partial charge in [-0.3, -0.25) is 0 Å². The molecule has 0 spiro atoms. The highest BCUT2D eigenvalue weighted by Crippen LogP contribution is 2.19. The Balaban J connectivity index is 2.09. The van der Waals surface area contributed by atoms with Gasteiger partial charge in [-0.05, 0) is 30.7 Å². The van der Waals surface area contributed by atoms with Crippen molar-refractivity contribution in [1.82, 2.24) is 14.5 Å². The Morgan fingerprint density at radius 1 is 1.03 bits per heavy atom. The third kappa shape index (κ3) is 6.47. The van der Waals surface area contributed by atoms with Crippen molar-refractivity contribution in [1.29, 1.82) is 0 Å². The van der Waals surface area contributed by atoms with Gasteiger partial charge in [0, 0.05) is 27.7 Å². The zero-order valence-electron chi connectivity index (χ0n) is 17.5. The SMILES string of the molecule is CCNC(=NCc1ccccc1S(=O)(=O)N(C)C)N(C)CCOc1ccccc1. The van der Waals surface area contributed by atoms with E-state index in [-0.39, 0.29) is 11.4 Å². The van der Waals surface area contributed by atoms with Gasteiger partial charge in [-0.1, -0.05) is 36.4 Å². The number of likely N-dealkylation sites (N-methyl/N-ethyl adjacent to an activating group) is 1. The highest BCUT2D eigenvalue weighted by Gasteiger charge is 2.20. The van der Waals surface area contributed by atoms with Crippen molar-refractivity contribution < 1.29 is 13.2 Å². The number of hydrogen-bond donors (Lipinski definition) is 1. The summed E-state index contributed by atoms with van der Waals surface area (Å²) in [7, 11) is 1.46. The third-order valence-corrected chi connectivity index (χ3v) is 6.18. The molecule has 0 radical (unpaired) electrons. The molecule has 0 atom stereocenters. The number of aliphatic imine (C=N–C) groups is 1. The molecule has 8 heteroatoms. The van der Waals surface area contributed by atoms with Gasteiger partial charge in [0.15, 0.2) is 5.96 Å². The van der Waals surface area contributed by atoms with E-state index in [1.54, 1.807) is 18.2 Å². The van der Waals surface area contributed by atoms with E-state index in [2.05, 4.69) is 10.3 Å². The maximum absolute atomic E-state index is 12.6. The topological polar surface area (TPSA) is 74.2 Å². The number of rotatable bonds is 9. The Labute approximate surface area is 174 Å². The molecule has 0 fully saturated rings. The molecule has 0 heterocycles. The van der Waals surface area contributed by atoms with Crippen LogP contribution in [0, 0.1) is 0 Å². The molecule has 0 aliphatic carbocycles. The van der Waals surface area contributed by atoms with Crippen LogP contribution < -0.4 is 10.1 Å². The average Bonchev–Trinajstić information content (AvgIpc) is 2.71. The molecule has 0 amide bonds. The molecule has 0 saturated heterocycles. The monoisotopic (exact) mass is 418 g/mol. The number of ether oxygens (including phenoxy) is 1. The first-order valence-corrected chi connectivity index (χ1v) is 11.0. The van der Waals surface area contributed by atoms with Crippen molar-refractivity contribution in [2.45, 2.75) is 18.4 Å². The minimum absolute atomic E-state index is 0.259. The first-order chi connectivity index (χ1) is 13.9. The van der Waals surface area contributed by atoms with E-state index < -0.39 is 10.0 Å². The summed E-state index contributed by atoms with van der Waals surface area (Å²) < 4.78 is 32.1. The molecule has 0 unspecified atom stereocenters. The van der Waals surface area contributed by atoms with Crippen molar-refractivity contribution in [3.63, 3.8) is 0 Å². The van der Waals surface area contributed by atoms with Crippen LogP contribution in [0.2, 0.25) is 0 Å². The van der Waals surface area contributed by atoms with Crippen LogP contribution in [0.1, 0.15) is 12.5 Å². The lowest BCUT2D eigenvalue weighted by Crippen LogP contribution is -2.40. The van der Waals surface area contributed by atoms with Crippen molar-refractivity contribution in [3.8, 4) is 5.75 Å². The van der Waals surface area contributed by atoms with Crippen LogP contribution in [0.25, 0.3) is 0 Å². The molecule has 7 nitrogen and oxygen atoms in total. The minimum atomic E-state index is -3.52. The van der Waals surface area contributed by atoms with Gasteiger partial charge in [-0.2, -0.15) is 0 Å². The molecule has 158 valence electrons.